The maximum absolute atomic E-state index is 5.51. The van der Waals surface area contributed by atoms with Crippen molar-refractivity contribution in [1.29, 1.82) is 0 Å². The van der Waals surface area contributed by atoms with Gasteiger partial charge in [-0.2, -0.15) is 0 Å². The molecule has 1 heterocycles. The van der Waals surface area contributed by atoms with Crippen LogP contribution in [-0.4, -0.2) is 19.1 Å². The first-order valence-corrected chi connectivity index (χ1v) is 5.17. The summed E-state index contributed by atoms with van der Waals surface area (Å²) in [5.41, 5.74) is 5.51. The number of hydrogen-bond donors (Lipinski definition) is 2. The van der Waals surface area contributed by atoms with Crippen LogP contribution in [0.4, 0.5) is 0 Å². The number of hydrogen-bond acceptors (Lipinski definition) is 2. The van der Waals surface area contributed by atoms with E-state index in [0.717, 1.165) is 18.4 Å². The number of piperidine rings is 1. The summed E-state index contributed by atoms with van der Waals surface area (Å²) in [6.45, 7) is 6.67. The van der Waals surface area contributed by atoms with E-state index in [-0.39, 0.29) is 0 Å². The molecule has 0 radical (unpaired) electrons. The van der Waals surface area contributed by atoms with Crippen LogP contribution in [0.5, 0.6) is 0 Å². The highest BCUT2D eigenvalue weighted by Gasteiger charge is 2.23. The quantitative estimate of drug-likeness (QED) is 0.671. The first kappa shape index (κ1) is 10.0. The molecule has 0 aromatic carbocycles. The van der Waals surface area contributed by atoms with Crippen molar-refractivity contribution in [2.75, 3.05) is 13.1 Å². The van der Waals surface area contributed by atoms with E-state index in [1.54, 1.807) is 0 Å². The molecule has 72 valence electrons. The molecule has 2 nitrogen and oxygen atoms in total. The first-order chi connectivity index (χ1) is 5.74. The molecule has 0 amide bonds. The predicted molar refractivity (Wildman–Crippen MR) is 53.0 cm³/mol. The Morgan fingerprint density at radius 2 is 2.17 bits per heavy atom. The third-order valence-electron chi connectivity index (χ3n) is 2.98. The molecule has 3 atom stereocenters. The zero-order valence-electron chi connectivity index (χ0n) is 8.34. The number of nitrogens with one attached hydrogen (secondary N) is 1. The maximum Gasteiger partial charge on any atom is 0.00672 e. The van der Waals surface area contributed by atoms with Gasteiger partial charge in [-0.05, 0) is 51.1 Å². The average Bonchev–Trinajstić information content (AvgIpc) is 2.07. The van der Waals surface area contributed by atoms with Crippen LogP contribution in [0.2, 0.25) is 0 Å². The topological polar surface area (TPSA) is 38.0 Å². The van der Waals surface area contributed by atoms with Crippen LogP contribution in [0, 0.1) is 11.8 Å². The second-order valence-corrected chi connectivity index (χ2v) is 4.23. The Hall–Kier alpha value is -0.0800. The minimum atomic E-state index is 0.702. The summed E-state index contributed by atoms with van der Waals surface area (Å²) in [6, 6.07) is 0.702. The van der Waals surface area contributed by atoms with Crippen LogP contribution >= 0.6 is 0 Å². The van der Waals surface area contributed by atoms with Gasteiger partial charge in [-0.3, -0.25) is 0 Å². The molecule has 0 aliphatic carbocycles. The molecule has 3 N–H and O–H groups in total. The molecule has 2 heteroatoms. The van der Waals surface area contributed by atoms with Gasteiger partial charge in [0.1, 0.15) is 0 Å². The minimum absolute atomic E-state index is 0.702. The Morgan fingerprint density at radius 1 is 1.42 bits per heavy atom. The largest absolute Gasteiger partial charge is 0.330 e. The Kier molecular flexibility index (Phi) is 4.02. The van der Waals surface area contributed by atoms with E-state index in [4.69, 9.17) is 5.73 Å². The second kappa shape index (κ2) is 4.83. The maximum atomic E-state index is 5.51. The summed E-state index contributed by atoms with van der Waals surface area (Å²) >= 11 is 0. The molecule has 0 aromatic rings. The van der Waals surface area contributed by atoms with E-state index in [0.29, 0.717) is 6.04 Å². The lowest BCUT2D eigenvalue weighted by molar-refractivity contribution is 0.226. The molecule has 0 spiro atoms. The van der Waals surface area contributed by atoms with Crippen molar-refractivity contribution in [3.8, 4) is 0 Å². The lowest BCUT2D eigenvalue weighted by Crippen LogP contribution is -2.42. The second-order valence-electron chi connectivity index (χ2n) is 4.23. The fourth-order valence-corrected chi connectivity index (χ4v) is 2.11. The highest BCUT2D eigenvalue weighted by molar-refractivity contribution is 4.80. The molecule has 0 bridgehead atoms. The van der Waals surface area contributed by atoms with Crippen LogP contribution in [0.15, 0.2) is 0 Å². The Bertz CT molecular complexity index is 125. The number of rotatable bonds is 3. The van der Waals surface area contributed by atoms with Gasteiger partial charge in [0.2, 0.25) is 0 Å². The zero-order valence-corrected chi connectivity index (χ0v) is 8.34. The van der Waals surface area contributed by atoms with Crippen molar-refractivity contribution in [1.82, 2.24) is 5.32 Å². The van der Waals surface area contributed by atoms with Crippen LogP contribution in [-0.2, 0) is 0 Å². The van der Waals surface area contributed by atoms with E-state index in [1.807, 2.05) is 0 Å². The highest BCUT2D eigenvalue weighted by Crippen LogP contribution is 2.24. The summed E-state index contributed by atoms with van der Waals surface area (Å²) in [5.74, 6) is 1.71. The molecular formula is C10H22N2. The van der Waals surface area contributed by atoms with Gasteiger partial charge in [0.05, 0.1) is 0 Å². The van der Waals surface area contributed by atoms with Crippen LogP contribution in [0.3, 0.4) is 0 Å². The molecule has 1 fully saturated rings. The lowest BCUT2D eigenvalue weighted by atomic mass is 9.83. The fourth-order valence-electron chi connectivity index (χ4n) is 2.11. The molecule has 0 saturated carbocycles. The van der Waals surface area contributed by atoms with E-state index >= 15 is 0 Å². The molecule has 1 aliphatic heterocycles. The van der Waals surface area contributed by atoms with Gasteiger partial charge in [-0.1, -0.05) is 6.92 Å². The van der Waals surface area contributed by atoms with Crippen LogP contribution < -0.4 is 11.1 Å². The summed E-state index contributed by atoms with van der Waals surface area (Å²) in [6.07, 6.45) is 3.87. The smallest absolute Gasteiger partial charge is 0.00672 e. The van der Waals surface area contributed by atoms with Gasteiger partial charge < -0.3 is 11.1 Å². The third-order valence-corrected chi connectivity index (χ3v) is 2.98. The van der Waals surface area contributed by atoms with Gasteiger partial charge in [-0.15, -0.1) is 0 Å². The van der Waals surface area contributed by atoms with Gasteiger partial charge in [0, 0.05) is 6.04 Å². The van der Waals surface area contributed by atoms with E-state index in [1.165, 1.54) is 25.8 Å². The normalized spacial score (nSPS) is 36.8. The van der Waals surface area contributed by atoms with E-state index in [2.05, 4.69) is 19.2 Å². The summed E-state index contributed by atoms with van der Waals surface area (Å²) in [4.78, 5) is 0. The standard InChI is InChI=1S/C10H22N2/c1-8-6-10(4-3-5-11)9(2)12-7-8/h8-10,12H,3-7,11H2,1-2H3. The Labute approximate surface area is 75.9 Å². The van der Waals surface area contributed by atoms with Gasteiger partial charge in [-0.25, -0.2) is 0 Å². The Morgan fingerprint density at radius 3 is 2.83 bits per heavy atom. The monoisotopic (exact) mass is 170 g/mol. The van der Waals surface area contributed by atoms with Crippen molar-refractivity contribution >= 4 is 0 Å². The van der Waals surface area contributed by atoms with Crippen molar-refractivity contribution in [2.45, 2.75) is 39.2 Å². The molecule has 1 aliphatic rings. The van der Waals surface area contributed by atoms with E-state index in [9.17, 15) is 0 Å². The first-order valence-electron chi connectivity index (χ1n) is 5.17. The SMILES string of the molecule is CC1CNC(C)C(CCCN)C1. The summed E-state index contributed by atoms with van der Waals surface area (Å²) < 4.78 is 0. The Balaban J connectivity index is 2.28. The third kappa shape index (κ3) is 2.76. The molecule has 12 heavy (non-hydrogen) atoms. The summed E-state index contributed by atoms with van der Waals surface area (Å²) in [5, 5.41) is 3.55. The van der Waals surface area contributed by atoms with Crippen LogP contribution in [0.25, 0.3) is 0 Å². The number of nitrogens with two attached hydrogens (primary N) is 1. The predicted octanol–water partition coefficient (Wildman–Crippen LogP) is 1.36. The zero-order chi connectivity index (χ0) is 8.97. The van der Waals surface area contributed by atoms with Crippen molar-refractivity contribution in [3.05, 3.63) is 0 Å². The van der Waals surface area contributed by atoms with Crippen molar-refractivity contribution in [2.24, 2.45) is 17.6 Å². The van der Waals surface area contributed by atoms with Crippen molar-refractivity contribution < 1.29 is 0 Å². The van der Waals surface area contributed by atoms with Gasteiger partial charge >= 0.3 is 0 Å². The molecule has 0 aromatic heterocycles. The minimum Gasteiger partial charge on any atom is -0.330 e. The van der Waals surface area contributed by atoms with Gasteiger partial charge in [0.25, 0.3) is 0 Å². The molecule has 1 rings (SSSR count). The van der Waals surface area contributed by atoms with Crippen LogP contribution in [0.1, 0.15) is 33.1 Å². The average molecular weight is 170 g/mol. The van der Waals surface area contributed by atoms with Gasteiger partial charge in [0.15, 0.2) is 0 Å². The highest BCUT2D eigenvalue weighted by atomic mass is 14.9. The van der Waals surface area contributed by atoms with E-state index < -0.39 is 0 Å². The molecule has 1 saturated heterocycles. The van der Waals surface area contributed by atoms with Crippen molar-refractivity contribution in [3.63, 3.8) is 0 Å². The lowest BCUT2D eigenvalue weighted by Gasteiger charge is -2.33. The molecular weight excluding hydrogens is 148 g/mol. The molecule has 3 unspecified atom stereocenters. The summed E-state index contributed by atoms with van der Waals surface area (Å²) in [7, 11) is 0. The fraction of sp³-hybridized carbons (Fsp3) is 1.00.